The molecule has 1 fully saturated rings. The number of benzene rings is 2. The van der Waals surface area contributed by atoms with Crippen molar-refractivity contribution in [2.24, 2.45) is 5.73 Å². The van der Waals surface area contributed by atoms with Crippen LogP contribution < -0.4 is 11.1 Å². The van der Waals surface area contributed by atoms with Gasteiger partial charge < -0.3 is 11.1 Å². The van der Waals surface area contributed by atoms with Crippen molar-refractivity contribution in [2.75, 3.05) is 18.4 Å². The molecule has 1 aliphatic carbocycles. The van der Waals surface area contributed by atoms with Crippen LogP contribution in [0.1, 0.15) is 24.4 Å². The average Bonchev–Trinajstić information content (AvgIpc) is 3.37. The van der Waals surface area contributed by atoms with Crippen molar-refractivity contribution in [1.29, 1.82) is 0 Å². The Labute approximate surface area is 145 Å². The number of anilines is 1. The van der Waals surface area contributed by atoms with Gasteiger partial charge in [-0.25, -0.2) is 8.78 Å². The standard InChI is InChI=1S/C20H19F2N3/c21-11-4-7-17(22)15(8-11)13-2-1-3-14-19(23)16-9-25(12-5-6-12)10-18(16)24-20(13)14/h1-4,7-8,12,19,24H,5-6,9-10,23H2. The first-order valence-electron chi connectivity index (χ1n) is 8.68. The normalized spacial score (nSPS) is 22.6. The minimum absolute atomic E-state index is 0.202. The van der Waals surface area contributed by atoms with E-state index in [-0.39, 0.29) is 11.6 Å². The number of hydrogen-bond donors (Lipinski definition) is 2. The number of nitrogens with two attached hydrogens (primary N) is 1. The molecule has 2 aliphatic heterocycles. The summed E-state index contributed by atoms with van der Waals surface area (Å²) >= 11 is 0. The first-order valence-corrected chi connectivity index (χ1v) is 8.68. The Morgan fingerprint density at radius 2 is 1.88 bits per heavy atom. The lowest BCUT2D eigenvalue weighted by Gasteiger charge is -2.28. The van der Waals surface area contributed by atoms with Gasteiger partial charge in [-0.1, -0.05) is 18.2 Å². The fourth-order valence-electron chi connectivity index (χ4n) is 4.01. The number of rotatable bonds is 2. The Morgan fingerprint density at radius 3 is 2.68 bits per heavy atom. The molecule has 3 aliphatic rings. The molecule has 5 rings (SSSR count). The van der Waals surface area contributed by atoms with Crippen molar-refractivity contribution < 1.29 is 8.78 Å². The third-order valence-corrected chi connectivity index (χ3v) is 5.49. The highest BCUT2D eigenvalue weighted by molar-refractivity contribution is 5.84. The number of para-hydroxylation sites is 1. The van der Waals surface area contributed by atoms with Gasteiger partial charge in [-0.05, 0) is 42.2 Å². The molecule has 25 heavy (non-hydrogen) atoms. The van der Waals surface area contributed by atoms with Crippen LogP contribution in [0.2, 0.25) is 0 Å². The molecule has 3 N–H and O–H groups in total. The number of nitrogens with zero attached hydrogens (tertiary/aromatic N) is 1. The summed E-state index contributed by atoms with van der Waals surface area (Å²) in [7, 11) is 0. The molecule has 5 heteroatoms. The maximum atomic E-state index is 14.3. The Hall–Kier alpha value is -2.24. The summed E-state index contributed by atoms with van der Waals surface area (Å²) < 4.78 is 28.0. The van der Waals surface area contributed by atoms with E-state index < -0.39 is 11.6 Å². The van der Waals surface area contributed by atoms with Crippen LogP contribution in [0.25, 0.3) is 11.1 Å². The van der Waals surface area contributed by atoms with E-state index in [1.807, 2.05) is 18.2 Å². The van der Waals surface area contributed by atoms with Crippen molar-refractivity contribution in [1.82, 2.24) is 4.90 Å². The van der Waals surface area contributed by atoms with Gasteiger partial charge in [0.2, 0.25) is 0 Å². The molecule has 1 saturated carbocycles. The van der Waals surface area contributed by atoms with Gasteiger partial charge in [0.15, 0.2) is 0 Å². The summed E-state index contributed by atoms with van der Waals surface area (Å²) in [6, 6.07) is 9.66. The fraction of sp³-hybridized carbons (Fsp3) is 0.300. The van der Waals surface area contributed by atoms with Gasteiger partial charge in [-0.2, -0.15) is 0 Å². The smallest absolute Gasteiger partial charge is 0.131 e. The second-order valence-corrected chi connectivity index (χ2v) is 7.14. The predicted octanol–water partition coefficient (Wildman–Crippen LogP) is 3.79. The first kappa shape index (κ1) is 15.0. The molecular weight excluding hydrogens is 320 g/mol. The van der Waals surface area contributed by atoms with Gasteiger partial charge in [-0.15, -0.1) is 0 Å². The lowest BCUT2D eigenvalue weighted by atomic mass is 9.89. The summed E-state index contributed by atoms with van der Waals surface area (Å²) in [5.74, 6) is -0.884. The zero-order chi connectivity index (χ0) is 17.1. The van der Waals surface area contributed by atoms with Gasteiger partial charge in [-0.3, -0.25) is 4.90 Å². The summed E-state index contributed by atoms with van der Waals surface area (Å²) in [6.45, 7) is 1.75. The predicted molar refractivity (Wildman–Crippen MR) is 94.0 cm³/mol. The lowest BCUT2D eigenvalue weighted by Crippen LogP contribution is -2.25. The zero-order valence-electron chi connectivity index (χ0n) is 13.7. The Bertz CT molecular complexity index is 902. The molecule has 0 radical (unpaired) electrons. The molecule has 0 spiro atoms. The fourth-order valence-corrected chi connectivity index (χ4v) is 4.01. The van der Waals surface area contributed by atoms with Crippen LogP contribution in [0.5, 0.6) is 0 Å². The van der Waals surface area contributed by atoms with Crippen LogP contribution in [0.15, 0.2) is 47.7 Å². The molecule has 2 aromatic rings. The monoisotopic (exact) mass is 339 g/mol. The second kappa shape index (κ2) is 5.38. The van der Waals surface area contributed by atoms with E-state index >= 15 is 0 Å². The van der Waals surface area contributed by atoms with Crippen LogP contribution in [-0.2, 0) is 0 Å². The van der Waals surface area contributed by atoms with E-state index in [4.69, 9.17) is 5.73 Å². The highest BCUT2D eigenvalue weighted by Crippen LogP contribution is 2.44. The van der Waals surface area contributed by atoms with Gasteiger partial charge >= 0.3 is 0 Å². The molecule has 128 valence electrons. The van der Waals surface area contributed by atoms with Crippen molar-refractivity contribution >= 4 is 5.69 Å². The van der Waals surface area contributed by atoms with E-state index in [1.54, 1.807) is 0 Å². The van der Waals surface area contributed by atoms with Crippen LogP contribution in [0, 0.1) is 11.6 Å². The summed E-state index contributed by atoms with van der Waals surface area (Å²) in [5, 5.41) is 3.48. The number of halogens is 2. The number of hydrogen-bond acceptors (Lipinski definition) is 3. The molecule has 3 nitrogen and oxygen atoms in total. The first-order chi connectivity index (χ1) is 12.1. The molecular formula is C20H19F2N3. The van der Waals surface area contributed by atoms with Crippen molar-refractivity contribution in [2.45, 2.75) is 24.9 Å². The Kier molecular flexibility index (Phi) is 3.24. The number of fused-ring (bicyclic) bond motifs is 1. The highest BCUT2D eigenvalue weighted by Gasteiger charge is 2.38. The van der Waals surface area contributed by atoms with Gasteiger partial charge in [0.25, 0.3) is 0 Å². The molecule has 1 atom stereocenters. The highest BCUT2D eigenvalue weighted by atomic mass is 19.1. The molecule has 2 aromatic carbocycles. The minimum atomic E-state index is -0.449. The van der Waals surface area contributed by atoms with Crippen LogP contribution >= 0.6 is 0 Å². The van der Waals surface area contributed by atoms with E-state index in [2.05, 4.69) is 10.2 Å². The second-order valence-electron chi connectivity index (χ2n) is 7.14. The van der Waals surface area contributed by atoms with Crippen molar-refractivity contribution in [3.05, 3.63) is 64.9 Å². The molecule has 2 heterocycles. The quantitative estimate of drug-likeness (QED) is 0.875. The Balaban J connectivity index is 1.59. The summed E-state index contributed by atoms with van der Waals surface area (Å²) in [4.78, 5) is 2.45. The summed E-state index contributed by atoms with van der Waals surface area (Å²) in [5.41, 5.74) is 11.5. The van der Waals surface area contributed by atoms with Gasteiger partial charge in [0.05, 0.1) is 11.7 Å². The van der Waals surface area contributed by atoms with E-state index in [9.17, 15) is 8.78 Å². The molecule has 0 bridgehead atoms. The lowest BCUT2D eigenvalue weighted by molar-refractivity contribution is 0.332. The maximum absolute atomic E-state index is 14.3. The topological polar surface area (TPSA) is 41.3 Å². The van der Waals surface area contributed by atoms with Crippen LogP contribution in [-0.4, -0.2) is 24.0 Å². The van der Waals surface area contributed by atoms with Gasteiger partial charge in [0, 0.05) is 36.0 Å². The summed E-state index contributed by atoms with van der Waals surface area (Å²) in [6.07, 6.45) is 2.50. The van der Waals surface area contributed by atoms with E-state index in [1.165, 1.54) is 30.5 Å². The number of nitrogens with one attached hydrogen (secondary N) is 1. The third kappa shape index (κ3) is 2.38. The molecule has 0 saturated heterocycles. The van der Waals surface area contributed by atoms with Crippen molar-refractivity contribution in [3.8, 4) is 11.1 Å². The van der Waals surface area contributed by atoms with Gasteiger partial charge in [0.1, 0.15) is 11.6 Å². The Morgan fingerprint density at radius 1 is 1.04 bits per heavy atom. The van der Waals surface area contributed by atoms with Crippen molar-refractivity contribution in [3.63, 3.8) is 0 Å². The zero-order valence-corrected chi connectivity index (χ0v) is 13.7. The van der Waals surface area contributed by atoms with E-state index in [0.29, 0.717) is 11.6 Å². The van der Waals surface area contributed by atoms with Crippen LogP contribution in [0.3, 0.4) is 0 Å². The molecule has 1 unspecified atom stereocenters. The minimum Gasteiger partial charge on any atom is -0.357 e. The van der Waals surface area contributed by atoms with Crippen LogP contribution in [0.4, 0.5) is 14.5 Å². The third-order valence-electron chi connectivity index (χ3n) is 5.49. The molecule has 0 aromatic heterocycles. The SMILES string of the molecule is NC1C2=C(CN(C3CC3)C2)Nc2c(-c3cc(F)ccc3F)cccc21. The van der Waals surface area contributed by atoms with E-state index in [0.717, 1.165) is 36.1 Å². The largest absolute Gasteiger partial charge is 0.357 e. The maximum Gasteiger partial charge on any atom is 0.131 e. The average molecular weight is 339 g/mol. The molecule has 0 amide bonds.